The van der Waals surface area contributed by atoms with Crippen LogP contribution in [0.15, 0.2) is 9.98 Å². The molecule has 0 spiro atoms. The van der Waals surface area contributed by atoms with Crippen molar-refractivity contribution in [1.82, 2.24) is 10.6 Å². The van der Waals surface area contributed by atoms with Crippen molar-refractivity contribution in [2.75, 3.05) is 26.2 Å². The third-order valence-electron chi connectivity index (χ3n) is 3.59. The van der Waals surface area contributed by atoms with Gasteiger partial charge in [0.05, 0.1) is 13.1 Å². The fraction of sp³-hybridized carbons (Fsp3) is 0.875. The zero-order valence-electron chi connectivity index (χ0n) is 18.5. The van der Waals surface area contributed by atoms with Crippen molar-refractivity contribution in [3.63, 3.8) is 0 Å². The van der Waals surface area contributed by atoms with E-state index in [0.29, 0.717) is 0 Å². The Morgan fingerprint density at radius 2 is 0.871 bits per heavy atom. The zero-order valence-corrected chi connectivity index (χ0v) is 21.0. The Balaban J connectivity index is -0.000000595. The van der Waals surface area contributed by atoms with Gasteiger partial charge >= 0.3 is 16.5 Å². The maximum absolute atomic E-state index is 8.49. The Morgan fingerprint density at radius 3 is 1.10 bits per heavy atom. The van der Waals surface area contributed by atoms with Crippen LogP contribution >= 0.6 is 0 Å². The van der Waals surface area contributed by atoms with Gasteiger partial charge in [0.15, 0.2) is 0 Å². The van der Waals surface area contributed by atoms with Gasteiger partial charge in [-0.3, -0.25) is 9.98 Å². The summed E-state index contributed by atoms with van der Waals surface area (Å²) in [7, 11) is -9.89. The average Bonchev–Trinajstić information content (AvgIpc) is 2.43. The van der Waals surface area contributed by atoms with E-state index >= 15 is 0 Å². The summed E-state index contributed by atoms with van der Waals surface area (Å²) in [6, 6.07) is 0. The molecule has 1 heterocycles. The molecule has 0 atom stereocenters. The molecule has 188 valence electrons. The van der Waals surface area contributed by atoms with Crippen molar-refractivity contribution >= 4 is 11.4 Å². The van der Waals surface area contributed by atoms with Gasteiger partial charge < -0.3 is 10.6 Å². The van der Waals surface area contributed by atoms with E-state index in [4.69, 9.17) is 37.3 Å². The summed E-state index contributed by atoms with van der Waals surface area (Å²) < 4.78 is 67.9. The Bertz CT molecular complexity index is 493. The monoisotopic (exact) mass is 536 g/mol. The van der Waals surface area contributed by atoms with Crippen LogP contribution in [-0.2, 0) is 16.5 Å². The molecule has 0 bridgehead atoms. The van der Waals surface area contributed by atoms with Crippen LogP contribution in [0.25, 0.3) is 0 Å². The Kier molecular flexibility index (Phi) is 18.1. The summed E-state index contributed by atoms with van der Waals surface area (Å²) in [5, 5.41) is 7.16. The molecule has 31 heavy (non-hydrogen) atoms. The van der Waals surface area contributed by atoms with Crippen LogP contribution in [0.4, 0.5) is 0 Å². The maximum Gasteiger partial charge on any atom is 2.00 e. The third-order valence-corrected chi connectivity index (χ3v) is 3.59. The van der Waals surface area contributed by atoms with Crippen LogP contribution in [0.3, 0.4) is 0 Å². The second-order valence-corrected chi connectivity index (χ2v) is 9.48. The van der Waals surface area contributed by atoms with E-state index in [1.807, 2.05) is 0 Å². The molecule has 0 fully saturated rings. The molecule has 0 unspecified atom stereocenters. The van der Waals surface area contributed by atoms with E-state index in [0.717, 1.165) is 39.0 Å². The summed E-state index contributed by atoms with van der Waals surface area (Å²) in [5.41, 5.74) is 2.62. The molecule has 0 aromatic rings. The predicted octanol–water partition coefficient (Wildman–Crippen LogP) is -7.08. The molecule has 0 radical (unpaired) electrons. The first kappa shape index (κ1) is 35.6. The standard InChI is InChI=1S/C16H32N4.2ClHO4.Ni/c1-13-11-15(3,4)19-10-8-18-14(2)12-16(5,6)20-9-7-17-13;2*2-1(3,4)5;/h19-20H,7-12H2,1-6H3;2*(H,2,3,4,5);/q;;;+2/p-2. The van der Waals surface area contributed by atoms with Gasteiger partial charge in [-0.1, -0.05) is 0 Å². The molecule has 0 saturated heterocycles. The Morgan fingerprint density at radius 1 is 0.645 bits per heavy atom. The molecule has 2 N–H and O–H groups in total. The molecule has 1 aliphatic rings. The van der Waals surface area contributed by atoms with Gasteiger partial charge in [-0.2, -0.15) is 0 Å². The molecule has 15 heteroatoms. The predicted molar refractivity (Wildman–Crippen MR) is 89.3 cm³/mol. The van der Waals surface area contributed by atoms with Gasteiger partial charge in [-0.15, -0.1) is 20.5 Å². The quantitative estimate of drug-likeness (QED) is 0.277. The topological polar surface area (TPSA) is 233 Å². The number of hydrogen-bond acceptors (Lipinski definition) is 12. The van der Waals surface area contributed by atoms with E-state index in [1.165, 1.54) is 11.4 Å². The van der Waals surface area contributed by atoms with E-state index in [2.05, 4.69) is 62.2 Å². The first-order valence-electron chi connectivity index (χ1n) is 8.94. The first-order valence-corrected chi connectivity index (χ1v) is 11.4. The third kappa shape index (κ3) is 34.8. The van der Waals surface area contributed by atoms with E-state index in [9.17, 15) is 0 Å². The molecule has 0 amide bonds. The summed E-state index contributed by atoms with van der Waals surface area (Å²) >= 11 is 0. The fourth-order valence-electron chi connectivity index (χ4n) is 2.80. The van der Waals surface area contributed by atoms with Crippen LogP contribution in [0.1, 0.15) is 54.4 Å². The Labute approximate surface area is 197 Å². The number of rotatable bonds is 0. The van der Waals surface area contributed by atoms with Crippen LogP contribution in [-0.4, -0.2) is 48.7 Å². The molecule has 1 aliphatic heterocycles. The van der Waals surface area contributed by atoms with Crippen molar-refractivity contribution < 1.29 is 74.2 Å². The van der Waals surface area contributed by atoms with E-state index in [1.54, 1.807) is 0 Å². The first-order chi connectivity index (χ1) is 13.2. The van der Waals surface area contributed by atoms with Crippen LogP contribution in [0.2, 0.25) is 0 Å². The Hall–Kier alpha value is 0.0135. The summed E-state index contributed by atoms with van der Waals surface area (Å²) in [6.07, 6.45) is 1.97. The largest absolute Gasteiger partial charge is 2.00 e. The van der Waals surface area contributed by atoms with Gasteiger partial charge in [-0.05, 0) is 41.5 Å². The van der Waals surface area contributed by atoms with E-state index in [-0.39, 0.29) is 27.6 Å². The number of nitrogens with zero attached hydrogens (tertiary/aromatic N) is 2. The van der Waals surface area contributed by atoms with Crippen LogP contribution in [0.5, 0.6) is 0 Å². The van der Waals surface area contributed by atoms with Gasteiger partial charge in [0.1, 0.15) is 0 Å². The second kappa shape index (κ2) is 15.8. The molecule has 0 aromatic heterocycles. The molecule has 12 nitrogen and oxygen atoms in total. The minimum Gasteiger partial charge on any atom is -0.310 e. The smallest absolute Gasteiger partial charge is 0.310 e. The summed E-state index contributed by atoms with van der Waals surface area (Å²) in [6.45, 7) is 16.7. The summed E-state index contributed by atoms with van der Waals surface area (Å²) in [5.74, 6) is 0. The molecule has 1 rings (SSSR count). The molecular weight excluding hydrogens is 506 g/mol. The van der Waals surface area contributed by atoms with E-state index < -0.39 is 20.5 Å². The SMILES string of the molecule is CC1=NCCNC(C)(C)CC(C)=NCCNC(C)(C)C1.[Ni+2].[O-][Cl+3]([O-])([O-])[O-].[O-][Cl+3]([O-])([O-])[O-]. The van der Waals surface area contributed by atoms with Gasteiger partial charge in [0, 0.05) is 48.4 Å². The fourth-order valence-corrected chi connectivity index (χ4v) is 2.80. The van der Waals surface area contributed by atoms with Crippen molar-refractivity contribution in [1.29, 1.82) is 0 Å². The average molecular weight is 538 g/mol. The van der Waals surface area contributed by atoms with Crippen molar-refractivity contribution in [3.05, 3.63) is 0 Å². The van der Waals surface area contributed by atoms with Crippen molar-refractivity contribution in [2.24, 2.45) is 9.98 Å². The van der Waals surface area contributed by atoms with Crippen LogP contribution in [0, 0.1) is 20.5 Å². The van der Waals surface area contributed by atoms with Crippen LogP contribution < -0.4 is 47.9 Å². The molecule has 0 saturated carbocycles. The number of hydrogen-bond donors (Lipinski definition) is 2. The van der Waals surface area contributed by atoms with Gasteiger partial charge in [0.2, 0.25) is 0 Å². The molecule has 0 aliphatic carbocycles. The van der Waals surface area contributed by atoms with Gasteiger partial charge in [0.25, 0.3) is 0 Å². The minimum atomic E-state index is -4.94. The van der Waals surface area contributed by atoms with Gasteiger partial charge in [-0.25, -0.2) is 37.3 Å². The number of nitrogens with one attached hydrogen (secondary N) is 2. The second-order valence-electron chi connectivity index (χ2n) is 7.96. The van der Waals surface area contributed by atoms with Crippen molar-refractivity contribution in [3.8, 4) is 0 Å². The van der Waals surface area contributed by atoms with Crippen molar-refractivity contribution in [2.45, 2.75) is 65.5 Å². The zero-order chi connectivity index (χ0) is 24.2. The molecule has 0 aromatic carbocycles. The number of halogens is 2. The molecular formula is C16H32Cl2N4NiO8. The number of aliphatic imine (C=N–C) groups is 2. The normalized spacial score (nSPS) is 20.2. The minimum absolute atomic E-state index is 0. The maximum atomic E-state index is 8.49. The summed E-state index contributed by atoms with van der Waals surface area (Å²) in [4.78, 5) is 9.35.